The fourth-order valence-corrected chi connectivity index (χ4v) is 3.21. The molecule has 0 aromatic heterocycles. The third kappa shape index (κ3) is 3.87. The van der Waals surface area contributed by atoms with Crippen LogP contribution in [0.1, 0.15) is 24.5 Å². The first-order valence-electron chi connectivity index (χ1n) is 8.89. The van der Waals surface area contributed by atoms with Crippen molar-refractivity contribution in [2.24, 2.45) is 5.92 Å². The van der Waals surface area contributed by atoms with Crippen LogP contribution in [0.4, 0.5) is 11.4 Å². The fraction of sp³-hybridized carbons (Fsp3) is 0.333. The summed E-state index contributed by atoms with van der Waals surface area (Å²) in [6, 6.07) is 13.3. The number of carbonyl (C=O) groups excluding carboxylic acids is 2. The summed E-state index contributed by atoms with van der Waals surface area (Å²) in [6.45, 7) is 6.90. The Morgan fingerprint density at radius 2 is 1.92 bits per heavy atom. The maximum Gasteiger partial charge on any atom is 0.229 e. The molecule has 2 aromatic rings. The van der Waals surface area contributed by atoms with E-state index in [1.807, 2.05) is 63.2 Å². The molecule has 1 aliphatic rings. The molecule has 5 nitrogen and oxygen atoms in total. The van der Waals surface area contributed by atoms with Crippen molar-refractivity contribution in [2.75, 3.05) is 23.4 Å². The highest BCUT2D eigenvalue weighted by Crippen LogP contribution is 2.28. The molecule has 0 saturated carbocycles. The second-order valence-corrected chi connectivity index (χ2v) is 6.64. The van der Waals surface area contributed by atoms with Gasteiger partial charge in [0.05, 0.1) is 12.5 Å². The molecule has 2 aromatic carbocycles. The summed E-state index contributed by atoms with van der Waals surface area (Å²) in [5.74, 6) is 0.274. The number of anilines is 2. The van der Waals surface area contributed by atoms with Gasteiger partial charge in [0.1, 0.15) is 5.75 Å². The zero-order chi connectivity index (χ0) is 18.7. The standard InChI is InChI=1S/C21H24N2O3/c1-4-26-18-8-6-17(7-9-18)23-13-16(12-20(23)24)21(25)22-19-10-5-14(2)11-15(19)3/h5-11,16H,4,12-13H2,1-3H3,(H,22,25). The lowest BCUT2D eigenvalue weighted by molar-refractivity contribution is -0.122. The zero-order valence-electron chi connectivity index (χ0n) is 15.4. The number of hydrogen-bond donors (Lipinski definition) is 1. The first-order chi connectivity index (χ1) is 12.5. The minimum absolute atomic E-state index is 0.0325. The Labute approximate surface area is 154 Å². The van der Waals surface area contributed by atoms with Gasteiger partial charge in [-0.15, -0.1) is 0 Å². The summed E-state index contributed by atoms with van der Waals surface area (Å²) in [4.78, 5) is 26.7. The van der Waals surface area contributed by atoms with Gasteiger partial charge in [0.25, 0.3) is 0 Å². The second kappa shape index (κ2) is 7.60. The maximum atomic E-state index is 12.6. The Hall–Kier alpha value is -2.82. The predicted molar refractivity (Wildman–Crippen MR) is 103 cm³/mol. The van der Waals surface area contributed by atoms with Crippen molar-refractivity contribution in [2.45, 2.75) is 27.2 Å². The number of hydrogen-bond acceptors (Lipinski definition) is 3. The molecular formula is C21H24N2O3. The molecule has 136 valence electrons. The maximum absolute atomic E-state index is 12.6. The Kier molecular flexibility index (Phi) is 5.26. The molecule has 1 heterocycles. The molecule has 0 spiro atoms. The van der Waals surface area contributed by atoms with Crippen LogP contribution in [-0.2, 0) is 9.59 Å². The summed E-state index contributed by atoms with van der Waals surface area (Å²) in [7, 11) is 0. The van der Waals surface area contributed by atoms with Crippen LogP contribution in [0.2, 0.25) is 0 Å². The molecule has 1 saturated heterocycles. The molecule has 0 radical (unpaired) electrons. The van der Waals surface area contributed by atoms with E-state index in [9.17, 15) is 9.59 Å². The fourth-order valence-electron chi connectivity index (χ4n) is 3.21. The monoisotopic (exact) mass is 352 g/mol. The minimum Gasteiger partial charge on any atom is -0.494 e. The average molecular weight is 352 g/mol. The van der Waals surface area contributed by atoms with E-state index in [0.717, 1.165) is 28.3 Å². The smallest absolute Gasteiger partial charge is 0.229 e. The van der Waals surface area contributed by atoms with Crippen molar-refractivity contribution >= 4 is 23.2 Å². The van der Waals surface area contributed by atoms with E-state index in [-0.39, 0.29) is 24.2 Å². The zero-order valence-corrected chi connectivity index (χ0v) is 15.4. The lowest BCUT2D eigenvalue weighted by Gasteiger charge is -2.17. The van der Waals surface area contributed by atoms with Crippen LogP contribution in [0.3, 0.4) is 0 Å². The average Bonchev–Trinajstić information content (AvgIpc) is 3.00. The van der Waals surface area contributed by atoms with Gasteiger partial charge in [-0.3, -0.25) is 9.59 Å². The van der Waals surface area contributed by atoms with E-state index in [4.69, 9.17) is 4.74 Å². The number of aryl methyl sites for hydroxylation is 2. The highest BCUT2D eigenvalue weighted by atomic mass is 16.5. The van der Waals surface area contributed by atoms with E-state index < -0.39 is 0 Å². The van der Waals surface area contributed by atoms with Crippen molar-refractivity contribution in [3.05, 3.63) is 53.6 Å². The highest BCUT2D eigenvalue weighted by molar-refractivity contribution is 6.03. The summed E-state index contributed by atoms with van der Waals surface area (Å²) < 4.78 is 5.43. The molecule has 1 atom stereocenters. The number of ether oxygens (including phenoxy) is 1. The summed E-state index contributed by atoms with van der Waals surface area (Å²) in [5, 5.41) is 2.96. The summed E-state index contributed by atoms with van der Waals surface area (Å²) in [5.41, 5.74) is 3.76. The van der Waals surface area contributed by atoms with Crippen molar-refractivity contribution in [3.63, 3.8) is 0 Å². The van der Waals surface area contributed by atoms with E-state index in [0.29, 0.717) is 13.2 Å². The predicted octanol–water partition coefficient (Wildman–Crippen LogP) is 3.69. The van der Waals surface area contributed by atoms with Gasteiger partial charge in [-0.2, -0.15) is 0 Å². The molecule has 1 fully saturated rings. The molecular weight excluding hydrogens is 328 g/mol. The lowest BCUT2D eigenvalue weighted by atomic mass is 10.1. The number of nitrogens with zero attached hydrogens (tertiary/aromatic N) is 1. The largest absolute Gasteiger partial charge is 0.494 e. The Bertz CT molecular complexity index is 815. The molecule has 1 unspecified atom stereocenters. The normalized spacial score (nSPS) is 16.7. The quantitative estimate of drug-likeness (QED) is 0.893. The van der Waals surface area contributed by atoms with Crippen molar-refractivity contribution in [3.8, 4) is 5.75 Å². The number of nitrogens with one attached hydrogen (secondary N) is 1. The van der Waals surface area contributed by atoms with E-state index in [1.54, 1.807) is 4.90 Å². The molecule has 1 aliphatic heterocycles. The number of carbonyl (C=O) groups is 2. The number of benzene rings is 2. The summed E-state index contributed by atoms with van der Waals surface area (Å²) in [6.07, 6.45) is 0.226. The van der Waals surface area contributed by atoms with Gasteiger partial charge in [-0.1, -0.05) is 17.7 Å². The molecule has 0 bridgehead atoms. The van der Waals surface area contributed by atoms with Gasteiger partial charge in [-0.25, -0.2) is 0 Å². The van der Waals surface area contributed by atoms with Crippen LogP contribution in [-0.4, -0.2) is 25.0 Å². The van der Waals surface area contributed by atoms with Crippen molar-refractivity contribution < 1.29 is 14.3 Å². The highest BCUT2D eigenvalue weighted by Gasteiger charge is 2.35. The Balaban J connectivity index is 1.67. The van der Waals surface area contributed by atoms with Gasteiger partial charge in [0.2, 0.25) is 11.8 Å². The van der Waals surface area contributed by atoms with Crippen LogP contribution < -0.4 is 15.0 Å². The first-order valence-corrected chi connectivity index (χ1v) is 8.89. The van der Waals surface area contributed by atoms with E-state index in [1.165, 1.54) is 0 Å². The van der Waals surface area contributed by atoms with Crippen molar-refractivity contribution in [1.82, 2.24) is 0 Å². The van der Waals surface area contributed by atoms with Crippen molar-refractivity contribution in [1.29, 1.82) is 0 Å². The Morgan fingerprint density at radius 1 is 1.19 bits per heavy atom. The van der Waals surface area contributed by atoms with Crippen LogP contribution in [0.5, 0.6) is 5.75 Å². The molecule has 26 heavy (non-hydrogen) atoms. The van der Waals surface area contributed by atoms with Gasteiger partial charge in [0, 0.05) is 24.3 Å². The van der Waals surface area contributed by atoms with Gasteiger partial charge in [0.15, 0.2) is 0 Å². The third-order valence-electron chi connectivity index (χ3n) is 4.60. The van der Waals surface area contributed by atoms with Gasteiger partial charge >= 0.3 is 0 Å². The molecule has 5 heteroatoms. The number of rotatable bonds is 5. The molecule has 2 amide bonds. The van der Waals surface area contributed by atoms with E-state index >= 15 is 0 Å². The second-order valence-electron chi connectivity index (χ2n) is 6.64. The van der Waals surface area contributed by atoms with Crippen LogP contribution in [0.15, 0.2) is 42.5 Å². The van der Waals surface area contributed by atoms with Gasteiger partial charge in [-0.05, 0) is 56.7 Å². The third-order valence-corrected chi connectivity index (χ3v) is 4.60. The topological polar surface area (TPSA) is 58.6 Å². The Morgan fingerprint density at radius 3 is 2.58 bits per heavy atom. The number of amides is 2. The SMILES string of the molecule is CCOc1ccc(N2CC(C(=O)Nc3ccc(C)cc3C)CC2=O)cc1. The summed E-state index contributed by atoms with van der Waals surface area (Å²) >= 11 is 0. The van der Waals surface area contributed by atoms with Crippen LogP contribution >= 0.6 is 0 Å². The molecule has 0 aliphatic carbocycles. The van der Waals surface area contributed by atoms with Gasteiger partial charge < -0.3 is 15.0 Å². The van der Waals surface area contributed by atoms with Crippen LogP contribution in [0.25, 0.3) is 0 Å². The molecule has 3 rings (SSSR count). The first kappa shape index (κ1) is 18.0. The lowest BCUT2D eigenvalue weighted by Crippen LogP contribution is -2.28. The van der Waals surface area contributed by atoms with E-state index in [2.05, 4.69) is 5.32 Å². The van der Waals surface area contributed by atoms with Crippen LogP contribution in [0, 0.1) is 19.8 Å². The molecule has 1 N–H and O–H groups in total. The minimum atomic E-state index is -0.352.